The van der Waals surface area contributed by atoms with Crippen LogP contribution in [0.1, 0.15) is 53.4 Å². The molecule has 0 bridgehead atoms. The van der Waals surface area contributed by atoms with Crippen LogP contribution in [0.5, 0.6) is 0 Å². The van der Waals surface area contributed by atoms with Crippen LogP contribution in [0.4, 0.5) is 0 Å². The summed E-state index contributed by atoms with van der Waals surface area (Å²) in [7, 11) is 0. The highest BCUT2D eigenvalue weighted by Gasteiger charge is 2.42. The van der Waals surface area contributed by atoms with E-state index in [0.29, 0.717) is 12.8 Å². The predicted octanol–water partition coefficient (Wildman–Crippen LogP) is 2.65. The van der Waals surface area contributed by atoms with Crippen molar-refractivity contribution >= 4 is 23.9 Å². The Hall–Kier alpha value is -2.64. The highest BCUT2D eigenvalue weighted by molar-refractivity contribution is 5.81. The van der Waals surface area contributed by atoms with Crippen LogP contribution in [0.2, 0.25) is 0 Å². The molecule has 0 aliphatic heterocycles. The van der Waals surface area contributed by atoms with Crippen molar-refractivity contribution in [1.29, 1.82) is 0 Å². The fourth-order valence-corrected chi connectivity index (χ4v) is 2.61. The summed E-state index contributed by atoms with van der Waals surface area (Å²) in [6.45, 7) is 12.5. The van der Waals surface area contributed by atoms with Gasteiger partial charge in [0.05, 0.1) is 0 Å². The third kappa shape index (κ3) is 9.89. The van der Waals surface area contributed by atoms with E-state index in [9.17, 15) is 19.2 Å². The summed E-state index contributed by atoms with van der Waals surface area (Å²) >= 11 is 0. The van der Waals surface area contributed by atoms with Gasteiger partial charge in [-0.25, -0.2) is 4.79 Å². The average Bonchev–Trinajstić information content (AvgIpc) is 2.60. The lowest BCUT2D eigenvalue weighted by molar-refractivity contribution is -0.197. The van der Waals surface area contributed by atoms with Gasteiger partial charge in [0, 0.05) is 33.3 Å². The topological polar surface area (TPSA) is 105 Å². The quantitative estimate of drug-likeness (QED) is 0.202. The predicted molar refractivity (Wildman–Crippen MR) is 101 cm³/mol. The van der Waals surface area contributed by atoms with E-state index in [0.717, 1.165) is 12.5 Å². The zero-order valence-electron chi connectivity index (χ0n) is 17.0. The van der Waals surface area contributed by atoms with Crippen molar-refractivity contribution in [2.24, 2.45) is 0 Å². The Bertz CT molecular complexity index is 569. The SMILES string of the molecule is C=CC[C@H](OC(=O)C=C)[C@@H](OC(C)=O)[C@H](OC(C)=O)[C@H](CCCC)OC(C)=O. The fourth-order valence-electron chi connectivity index (χ4n) is 2.61. The van der Waals surface area contributed by atoms with Crippen molar-refractivity contribution in [3.63, 3.8) is 0 Å². The van der Waals surface area contributed by atoms with Crippen molar-refractivity contribution in [2.45, 2.75) is 77.8 Å². The Balaban J connectivity index is 6.08. The molecule has 28 heavy (non-hydrogen) atoms. The van der Waals surface area contributed by atoms with Crippen LogP contribution in [0.15, 0.2) is 25.3 Å². The molecule has 0 unspecified atom stereocenters. The van der Waals surface area contributed by atoms with E-state index >= 15 is 0 Å². The van der Waals surface area contributed by atoms with Crippen molar-refractivity contribution in [1.82, 2.24) is 0 Å². The molecule has 8 nitrogen and oxygen atoms in total. The monoisotopic (exact) mass is 398 g/mol. The van der Waals surface area contributed by atoms with Crippen molar-refractivity contribution in [2.75, 3.05) is 0 Å². The summed E-state index contributed by atoms with van der Waals surface area (Å²) in [5, 5.41) is 0. The Kier molecular flexibility index (Phi) is 12.2. The Morgan fingerprint density at radius 3 is 1.71 bits per heavy atom. The van der Waals surface area contributed by atoms with E-state index in [2.05, 4.69) is 13.2 Å². The van der Waals surface area contributed by atoms with Crippen LogP contribution in [0.3, 0.4) is 0 Å². The van der Waals surface area contributed by atoms with E-state index in [1.165, 1.54) is 26.8 Å². The standard InChI is InChI=1S/C20H30O8/c1-7-10-12-17(25-13(4)21)20(27-15(6)23)19(26-14(5)22)16(11-8-2)28-18(24)9-3/h8-9,16-17,19-20H,2-3,7,10-12H2,1,4-6H3/t16-,17-,19+,20+/m0/s1. The van der Waals surface area contributed by atoms with Crippen molar-refractivity contribution in [3.05, 3.63) is 25.3 Å². The highest BCUT2D eigenvalue weighted by Crippen LogP contribution is 2.24. The largest absolute Gasteiger partial charge is 0.458 e. The van der Waals surface area contributed by atoms with Gasteiger partial charge in [0.15, 0.2) is 12.2 Å². The van der Waals surface area contributed by atoms with E-state index in [4.69, 9.17) is 18.9 Å². The maximum Gasteiger partial charge on any atom is 0.330 e. The van der Waals surface area contributed by atoms with E-state index in [-0.39, 0.29) is 6.42 Å². The highest BCUT2D eigenvalue weighted by atomic mass is 16.6. The van der Waals surface area contributed by atoms with Gasteiger partial charge in [0.1, 0.15) is 12.2 Å². The first-order chi connectivity index (χ1) is 13.2. The minimum atomic E-state index is -1.20. The molecule has 0 aliphatic rings. The minimum absolute atomic E-state index is 0.107. The molecule has 0 radical (unpaired) electrons. The molecule has 0 saturated carbocycles. The van der Waals surface area contributed by atoms with Crippen LogP contribution >= 0.6 is 0 Å². The number of carbonyl (C=O) groups excluding carboxylic acids is 4. The molecule has 0 heterocycles. The molecule has 0 aliphatic carbocycles. The first-order valence-electron chi connectivity index (χ1n) is 9.11. The second-order valence-corrected chi connectivity index (χ2v) is 6.14. The molecule has 0 rings (SSSR count). The lowest BCUT2D eigenvalue weighted by Crippen LogP contribution is -2.51. The van der Waals surface area contributed by atoms with E-state index in [1.807, 2.05) is 6.92 Å². The zero-order chi connectivity index (χ0) is 21.7. The lowest BCUT2D eigenvalue weighted by Gasteiger charge is -2.35. The van der Waals surface area contributed by atoms with Gasteiger partial charge in [-0.3, -0.25) is 14.4 Å². The number of carbonyl (C=O) groups is 4. The van der Waals surface area contributed by atoms with Gasteiger partial charge in [-0.15, -0.1) is 6.58 Å². The number of hydrogen-bond donors (Lipinski definition) is 0. The fraction of sp³-hybridized carbons (Fsp3) is 0.600. The van der Waals surface area contributed by atoms with Gasteiger partial charge >= 0.3 is 23.9 Å². The first kappa shape index (κ1) is 25.4. The third-order valence-corrected chi connectivity index (χ3v) is 3.65. The molecule has 0 spiro atoms. The van der Waals surface area contributed by atoms with E-state index in [1.54, 1.807) is 0 Å². The summed E-state index contributed by atoms with van der Waals surface area (Å²) in [5.74, 6) is -2.67. The van der Waals surface area contributed by atoms with Gasteiger partial charge in [-0.1, -0.05) is 26.0 Å². The lowest BCUT2D eigenvalue weighted by atomic mass is 9.96. The third-order valence-electron chi connectivity index (χ3n) is 3.65. The van der Waals surface area contributed by atoms with Gasteiger partial charge in [-0.05, 0) is 12.8 Å². The molecule has 8 heteroatoms. The average molecular weight is 398 g/mol. The number of hydrogen-bond acceptors (Lipinski definition) is 8. The van der Waals surface area contributed by atoms with Crippen LogP contribution in [-0.2, 0) is 38.1 Å². The Morgan fingerprint density at radius 1 is 0.821 bits per heavy atom. The van der Waals surface area contributed by atoms with E-state index < -0.39 is 48.3 Å². The Morgan fingerprint density at radius 2 is 1.32 bits per heavy atom. The molecule has 0 N–H and O–H groups in total. The van der Waals surface area contributed by atoms with Crippen LogP contribution in [0.25, 0.3) is 0 Å². The number of esters is 4. The van der Waals surface area contributed by atoms with Gasteiger partial charge in [0.25, 0.3) is 0 Å². The number of rotatable bonds is 13. The summed E-state index contributed by atoms with van der Waals surface area (Å²) in [5.41, 5.74) is 0. The second-order valence-electron chi connectivity index (χ2n) is 6.14. The molecule has 0 aromatic heterocycles. The summed E-state index contributed by atoms with van der Waals surface area (Å²) in [6.07, 6.45) is 0.0845. The van der Waals surface area contributed by atoms with Crippen LogP contribution < -0.4 is 0 Å². The number of unbranched alkanes of at least 4 members (excludes halogenated alkanes) is 1. The van der Waals surface area contributed by atoms with Gasteiger partial charge < -0.3 is 18.9 Å². The second kappa shape index (κ2) is 13.5. The molecule has 0 amide bonds. The molecule has 158 valence electrons. The smallest absolute Gasteiger partial charge is 0.330 e. The number of ether oxygens (including phenoxy) is 4. The molecular formula is C20H30O8. The van der Waals surface area contributed by atoms with Crippen LogP contribution in [-0.4, -0.2) is 48.3 Å². The summed E-state index contributed by atoms with van der Waals surface area (Å²) in [4.78, 5) is 46.8. The normalized spacial score (nSPS) is 14.6. The summed E-state index contributed by atoms with van der Waals surface area (Å²) < 4.78 is 21.4. The molecule has 0 aromatic rings. The van der Waals surface area contributed by atoms with Gasteiger partial charge in [0.2, 0.25) is 0 Å². The van der Waals surface area contributed by atoms with Crippen LogP contribution in [0, 0.1) is 0 Å². The molecule has 4 atom stereocenters. The summed E-state index contributed by atoms with van der Waals surface area (Å²) in [6, 6.07) is 0. The maximum absolute atomic E-state index is 11.7. The van der Waals surface area contributed by atoms with Gasteiger partial charge in [-0.2, -0.15) is 0 Å². The molecular weight excluding hydrogens is 368 g/mol. The Labute approximate surface area is 165 Å². The molecule has 0 fully saturated rings. The molecule has 0 saturated heterocycles. The molecule has 0 aromatic carbocycles. The first-order valence-corrected chi connectivity index (χ1v) is 9.11. The minimum Gasteiger partial charge on any atom is -0.458 e. The van der Waals surface area contributed by atoms with Crippen molar-refractivity contribution < 1.29 is 38.1 Å². The zero-order valence-corrected chi connectivity index (χ0v) is 17.0. The van der Waals surface area contributed by atoms with Crippen molar-refractivity contribution in [3.8, 4) is 0 Å². The maximum atomic E-state index is 11.7.